The van der Waals surface area contributed by atoms with E-state index in [4.69, 9.17) is 5.26 Å². The van der Waals surface area contributed by atoms with Crippen LogP contribution in [0.3, 0.4) is 0 Å². The third kappa shape index (κ3) is 4.40. The molecule has 1 heterocycles. The van der Waals surface area contributed by atoms with Crippen LogP contribution in [0.1, 0.15) is 21.3 Å². The lowest BCUT2D eigenvalue weighted by Crippen LogP contribution is -2.39. The standard InChI is InChI=1S/C16H13BrFN3O2S/c1-21(16(23)13-6-7-14(17)24-13)9-15(22)20-12(8-19)10-4-2-3-5-11(10)18/h2-7,12H,9H2,1H3,(H,20,22). The number of benzene rings is 1. The molecule has 2 aromatic rings. The molecule has 0 radical (unpaired) electrons. The number of carbonyl (C=O) groups excluding carboxylic acids is 2. The molecule has 8 heteroatoms. The van der Waals surface area contributed by atoms with Gasteiger partial charge >= 0.3 is 0 Å². The molecule has 0 fully saturated rings. The minimum Gasteiger partial charge on any atom is -0.335 e. The summed E-state index contributed by atoms with van der Waals surface area (Å²) in [5.41, 5.74) is 0.0875. The summed E-state index contributed by atoms with van der Waals surface area (Å²) in [7, 11) is 1.49. The van der Waals surface area contributed by atoms with Crippen LogP contribution in [0, 0.1) is 17.1 Å². The number of amides is 2. The number of halogens is 2. The average molecular weight is 410 g/mol. The number of carbonyl (C=O) groups is 2. The number of hydrogen-bond donors (Lipinski definition) is 1. The number of thiophene rings is 1. The van der Waals surface area contributed by atoms with Gasteiger partial charge in [-0.15, -0.1) is 11.3 Å². The van der Waals surface area contributed by atoms with Crippen LogP contribution in [0.4, 0.5) is 4.39 Å². The van der Waals surface area contributed by atoms with Gasteiger partial charge < -0.3 is 10.2 Å². The summed E-state index contributed by atoms with van der Waals surface area (Å²) in [6.45, 7) is -0.235. The highest BCUT2D eigenvalue weighted by atomic mass is 79.9. The fourth-order valence-electron chi connectivity index (χ4n) is 2.00. The van der Waals surface area contributed by atoms with E-state index in [2.05, 4.69) is 21.2 Å². The lowest BCUT2D eigenvalue weighted by atomic mass is 10.1. The van der Waals surface area contributed by atoms with Gasteiger partial charge in [-0.25, -0.2) is 4.39 Å². The second kappa shape index (κ2) is 8.04. The average Bonchev–Trinajstić information content (AvgIpc) is 2.99. The smallest absolute Gasteiger partial charge is 0.264 e. The Morgan fingerprint density at radius 3 is 2.67 bits per heavy atom. The molecule has 0 aliphatic carbocycles. The molecule has 0 bridgehead atoms. The first-order valence-corrected chi connectivity index (χ1v) is 8.47. The number of nitrogens with one attached hydrogen (secondary N) is 1. The Balaban J connectivity index is 2.00. The van der Waals surface area contributed by atoms with E-state index in [9.17, 15) is 14.0 Å². The molecule has 24 heavy (non-hydrogen) atoms. The molecule has 0 aliphatic rings. The Labute approximate surface area is 150 Å². The molecular weight excluding hydrogens is 397 g/mol. The van der Waals surface area contributed by atoms with Crippen molar-refractivity contribution in [2.24, 2.45) is 0 Å². The fraction of sp³-hybridized carbons (Fsp3) is 0.188. The maximum Gasteiger partial charge on any atom is 0.264 e. The lowest BCUT2D eigenvalue weighted by molar-refractivity contribution is -0.122. The zero-order valence-electron chi connectivity index (χ0n) is 12.6. The molecule has 2 rings (SSSR count). The zero-order valence-corrected chi connectivity index (χ0v) is 15.0. The van der Waals surface area contributed by atoms with Crippen LogP contribution in [0.15, 0.2) is 40.2 Å². The molecule has 1 atom stereocenters. The van der Waals surface area contributed by atoms with Crippen LogP contribution in [-0.4, -0.2) is 30.3 Å². The van der Waals surface area contributed by atoms with Gasteiger partial charge in [0.15, 0.2) is 0 Å². The lowest BCUT2D eigenvalue weighted by Gasteiger charge is -2.18. The van der Waals surface area contributed by atoms with Crippen molar-refractivity contribution in [2.45, 2.75) is 6.04 Å². The van der Waals surface area contributed by atoms with E-state index in [1.807, 2.05) is 6.07 Å². The van der Waals surface area contributed by atoms with Crippen LogP contribution in [0.25, 0.3) is 0 Å². The number of likely N-dealkylation sites (N-methyl/N-ethyl adjacent to an activating group) is 1. The van der Waals surface area contributed by atoms with Crippen LogP contribution < -0.4 is 5.32 Å². The first-order chi connectivity index (χ1) is 11.4. The second-order valence-corrected chi connectivity index (χ2v) is 7.38. The number of nitrogens with zero attached hydrogens (tertiary/aromatic N) is 2. The molecule has 0 spiro atoms. The molecular formula is C16H13BrFN3O2S. The summed E-state index contributed by atoms with van der Waals surface area (Å²) in [6, 6.07) is 9.87. The van der Waals surface area contributed by atoms with E-state index in [0.29, 0.717) is 4.88 Å². The van der Waals surface area contributed by atoms with Crippen LogP contribution in [0.5, 0.6) is 0 Å². The summed E-state index contributed by atoms with van der Waals surface area (Å²) < 4.78 is 14.5. The van der Waals surface area contributed by atoms with Gasteiger partial charge in [0.1, 0.15) is 11.9 Å². The van der Waals surface area contributed by atoms with Crippen LogP contribution >= 0.6 is 27.3 Å². The van der Waals surface area contributed by atoms with E-state index < -0.39 is 17.8 Å². The predicted octanol–water partition coefficient (Wildman–Crippen LogP) is 3.10. The molecule has 0 saturated heterocycles. The molecule has 2 amide bonds. The highest BCUT2D eigenvalue weighted by Crippen LogP contribution is 2.23. The zero-order chi connectivity index (χ0) is 17.7. The summed E-state index contributed by atoms with van der Waals surface area (Å²) in [4.78, 5) is 26.0. The minimum absolute atomic E-state index is 0.0875. The third-order valence-electron chi connectivity index (χ3n) is 3.16. The third-order valence-corrected chi connectivity index (χ3v) is 4.77. The Bertz CT molecular complexity index is 803. The van der Waals surface area contributed by atoms with Crippen molar-refractivity contribution >= 4 is 39.1 Å². The SMILES string of the molecule is CN(CC(=O)NC(C#N)c1ccccc1F)C(=O)c1ccc(Br)s1. The number of hydrogen-bond acceptors (Lipinski definition) is 4. The van der Waals surface area contributed by atoms with Gasteiger partial charge in [0.25, 0.3) is 5.91 Å². The van der Waals surface area contributed by atoms with E-state index in [0.717, 1.165) is 3.79 Å². The molecule has 1 N–H and O–H groups in total. The maximum absolute atomic E-state index is 13.7. The molecule has 124 valence electrons. The minimum atomic E-state index is -1.11. The molecule has 1 aromatic heterocycles. The van der Waals surface area contributed by atoms with Crippen LogP contribution in [-0.2, 0) is 4.79 Å². The first kappa shape index (κ1) is 18.1. The van der Waals surface area contributed by atoms with Crippen LogP contribution in [0.2, 0.25) is 0 Å². The van der Waals surface area contributed by atoms with Gasteiger partial charge in [-0.05, 0) is 34.1 Å². The summed E-state index contributed by atoms with van der Waals surface area (Å²) in [6.07, 6.45) is 0. The predicted molar refractivity (Wildman–Crippen MR) is 91.9 cm³/mol. The summed E-state index contributed by atoms with van der Waals surface area (Å²) >= 11 is 4.53. The van der Waals surface area contributed by atoms with Crippen molar-refractivity contribution in [3.05, 3.63) is 56.4 Å². The first-order valence-electron chi connectivity index (χ1n) is 6.86. The van der Waals surface area contributed by atoms with Crippen molar-refractivity contribution in [1.82, 2.24) is 10.2 Å². The summed E-state index contributed by atoms with van der Waals surface area (Å²) in [5.74, 6) is -1.42. The fourth-order valence-corrected chi connectivity index (χ4v) is 3.38. The van der Waals surface area contributed by atoms with Gasteiger partial charge in [-0.2, -0.15) is 5.26 Å². The second-order valence-electron chi connectivity index (χ2n) is 4.92. The van der Waals surface area contributed by atoms with Crippen molar-refractivity contribution in [3.8, 4) is 6.07 Å². The van der Waals surface area contributed by atoms with E-state index in [1.165, 1.54) is 41.5 Å². The van der Waals surface area contributed by atoms with Crippen molar-refractivity contribution in [2.75, 3.05) is 13.6 Å². The van der Waals surface area contributed by atoms with E-state index in [-0.39, 0.29) is 18.0 Å². The monoisotopic (exact) mass is 409 g/mol. The normalized spacial score (nSPS) is 11.4. The number of rotatable bonds is 5. The van der Waals surface area contributed by atoms with Gasteiger partial charge in [0.2, 0.25) is 5.91 Å². The highest BCUT2D eigenvalue weighted by molar-refractivity contribution is 9.11. The van der Waals surface area contributed by atoms with E-state index >= 15 is 0 Å². The van der Waals surface area contributed by atoms with Gasteiger partial charge in [-0.1, -0.05) is 18.2 Å². The maximum atomic E-state index is 13.7. The number of nitriles is 1. The van der Waals surface area contributed by atoms with Crippen molar-refractivity contribution < 1.29 is 14.0 Å². The Kier molecular flexibility index (Phi) is 6.06. The van der Waals surface area contributed by atoms with Gasteiger partial charge in [0.05, 0.1) is 21.3 Å². The van der Waals surface area contributed by atoms with E-state index in [1.54, 1.807) is 18.2 Å². The quantitative estimate of drug-likeness (QED) is 0.824. The Morgan fingerprint density at radius 1 is 1.38 bits per heavy atom. The molecule has 0 saturated carbocycles. The molecule has 0 aliphatic heterocycles. The Hall–Kier alpha value is -2.24. The van der Waals surface area contributed by atoms with Gasteiger partial charge in [-0.3, -0.25) is 9.59 Å². The van der Waals surface area contributed by atoms with Crippen molar-refractivity contribution in [3.63, 3.8) is 0 Å². The highest BCUT2D eigenvalue weighted by Gasteiger charge is 2.21. The topological polar surface area (TPSA) is 73.2 Å². The molecule has 1 unspecified atom stereocenters. The van der Waals surface area contributed by atoms with Gasteiger partial charge in [0, 0.05) is 12.6 Å². The summed E-state index contributed by atoms with van der Waals surface area (Å²) in [5, 5.41) is 11.6. The largest absolute Gasteiger partial charge is 0.335 e. The Morgan fingerprint density at radius 2 is 2.08 bits per heavy atom. The van der Waals surface area contributed by atoms with Crippen molar-refractivity contribution in [1.29, 1.82) is 5.26 Å². The molecule has 5 nitrogen and oxygen atoms in total. The molecule has 1 aromatic carbocycles.